The molecule has 1 rings (SSSR count). The average Bonchev–Trinajstić information content (AvgIpc) is 2.33. The first-order chi connectivity index (χ1) is 8.22. The van der Waals surface area contributed by atoms with E-state index in [1.807, 2.05) is 12.1 Å². The van der Waals surface area contributed by atoms with Crippen molar-refractivity contribution in [2.75, 3.05) is 13.1 Å². The molecule has 0 radical (unpaired) electrons. The second kappa shape index (κ2) is 7.33. The monoisotopic (exact) mass is 235 g/mol. The molecule has 0 aliphatic carbocycles. The standard InChI is InChI=1S/C15H25NO/c1-4-11-16(12-5-2)15(6-3)13-7-9-14(17)10-8-13/h7-10,15,17H,4-6,11-12H2,1-3H3. The summed E-state index contributed by atoms with van der Waals surface area (Å²) in [6.07, 6.45) is 3.49. The molecule has 0 bridgehead atoms. The largest absolute Gasteiger partial charge is 0.508 e. The number of phenols is 1. The summed E-state index contributed by atoms with van der Waals surface area (Å²) in [6, 6.07) is 8.14. The number of rotatable bonds is 7. The Hall–Kier alpha value is -1.02. The van der Waals surface area contributed by atoms with Crippen molar-refractivity contribution in [2.24, 2.45) is 0 Å². The molecule has 2 nitrogen and oxygen atoms in total. The third-order valence-corrected chi connectivity index (χ3v) is 3.13. The van der Waals surface area contributed by atoms with Crippen molar-refractivity contribution in [1.29, 1.82) is 0 Å². The zero-order valence-corrected chi connectivity index (χ0v) is 11.3. The van der Waals surface area contributed by atoms with E-state index in [-0.39, 0.29) is 0 Å². The average molecular weight is 235 g/mol. The summed E-state index contributed by atoms with van der Waals surface area (Å²) in [5.74, 6) is 0.348. The molecule has 0 fully saturated rings. The van der Waals surface area contributed by atoms with E-state index in [4.69, 9.17) is 0 Å². The number of benzene rings is 1. The van der Waals surface area contributed by atoms with Crippen molar-refractivity contribution in [2.45, 2.75) is 46.1 Å². The molecule has 0 heterocycles. The molecule has 1 unspecified atom stereocenters. The highest BCUT2D eigenvalue weighted by atomic mass is 16.3. The molecule has 0 saturated carbocycles. The Bertz CT molecular complexity index is 301. The maximum atomic E-state index is 9.34. The second-order valence-corrected chi connectivity index (χ2v) is 4.55. The van der Waals surface area contributed by atoms with Crippen molar-refractivity contribution >= 4 is 0 Å². The van der Waals surface area contributed by atoms with E-state index in [9.17, 15) is 5.11 Å². The van der Waals surface area contributed by atoms with Crippen LogP contribution >= 0.6 is 0 Å². The van der Waals surface area contributed by atoms with Crippen LogP contribution in [0.2, 0.25) is 0 Å². The molecule has 96 valence electrons. The van der Waals surface area contributed by atoms with Crippen LogP contribution in [0.1, 0.15) is 51.6 Å². The summed E-state index contributed by atoms with van der Waals surface area (Å²) in [5.41, 5.74) is 1.31. The molecule has 0 aliphatic rings. The topological polar surface area (TPSA) is 23.5 Å². The van der Waals surface area contributed by atoms with Crippen molar-refractivity contribution in [1.82, 2.24) is 4.90 Å². The number of hydrogen-bond donors (Lipinski definition) is 1. The van der Waals surface area contributed by atoms with E-state index in [1.54, 1.807) is 12.1 Å². The smallest absolute Gasteiger partial charge is 0.115 e. The van der Waals surface area contributed by atoms with Gasteiger partial charge in [0.05, 0.1) is 0 Å². The quantitative estimate of drug-likeness (QED) is 0.773. The first kappa shape index (κ1) is 14.0. The van der Waals surface area contributed by atoms with Gasteiger partial charge < -0.3 is 5.11 Å². The minimum atomic E-state index is 0.348. The Morgan fingerprint density at radius 1 is 1.00 bits per heavy atom. The Morgan fingerprint density at radius 3 is 1.94 bits per heavy atom. The highest BCUT2D eigenvalue weighted by Gasteiger charge is 2.16. The van der Waals surface area contributed by atoms with Crippen LogP contribution in [0.4, 0.5) is 0 Å². The summed E-state index contributed by atoms with van der Waals surface area (Å²) in [4.78, 5) is 2.55. The van der Waals surface area contributed by atoms with Crippen LogP contribution in [0.25, 0.3) is 0 Å². The Balaban J connectivity index is 2.83. The third-order valence-electron chi connectivity index (χ3n) is 3.13. The van der Waals surface area contributed by atoms with Gasteiger partial charge in [0.2, 0.25) is 0 Å². The first-order valence-corrected chi connectivity index (χ1v) is 6.75. The minimum absolute atomic E-state index is 0.348. The first-order valence-electron chi connectivity index (χ1n) is 6.75. The zero-order chi connectivity index (χ0) is 12.7. The summed E-state index contributed by atoms with van der Waals surface area (Å²) < 4.78 is 0. The van der Waals surface area contributed by atoms with Crippen LogP contribution in [0, 0.1) is 0 Å². The van der Waals surface area contributed by atoms with Gasteiger partial charge in [0.15, 0.2) is 0 Å². The summed E-state index contributed by atoms with van der Waals surface area (Å²) >= 11 is 0. The van der Waals surface area contributed by atoms with E-state index in [0.29, 0.717) is 11.8 Å². The number of phenolic OH excluding ortho intramolecular Hbond substituents is 1. The van der Waals surface area contributed by atoms with E-state index in [2.05, 4.69) is 25.7 Å². The maximum absolute atomic E-state index is 9.34. The molecule has 1 N–H and O–H groups in total. The Kier molecular flexibility index (Phi) is 6.06. The summed E-state index contributed by atoms with van der Waals surface area (Å²) in [7, 11) is 0. The Morgan fingerprint density at radius 2 is 1.53 bits per heavy atom. The fourth-order valence-electron chi connectivity index (χ4n) is 2.40. The molecular weight excluding hydrogens is 210 g/mol. The van der Waals surface area contributed by atoms with Gasteiger partial charge in [0.25, 0.3) is 0 Å². The minimum Gasteiger partial charge on any atom is -0.508 e. The van der Waals surface area contributed by atoms with Crippen LogP contribution in [0.3, 0.4) is 0 Å². The van der Waals surface area contributed by atoms with Crippen LogP contribution in [-0.2, 0) is 0 Å². The molecule has 0 saturated heterocycles. The lowest BCUT2D eigenvalue weighted by atomic mass is 10.0. The SMILES string of the molecule is CCCN(CCC)C(CC)c1ccc(O)cc1. The Labute approximate surface area is 105 Å². The van der Waals surface area contributed by atoms with Crippen molar-refractivity contribution in [3.8, 4) is 5.75 Å². The van der Waals surface area contributed by atoms with Gasteiger partial charge in [-0.25, -0.2) is 0 Å². The molecular formula is C15H25NO. The van der Waals surface area contributed by atoms with Gasteiger partial charge in [-0.3, -0.25) is 4.90 Å². The lowest BCUT2D eigenvalue weighted by Crippen LogP contribution is -2.30. The van der Waals surface area contributed by atoms with E-state index >= 15 is 0 Å². The molecule has 0 aromatic heterocycles. The van der Waals surface area contributed by atoms with Gasteiger partial charge in [-0.15, -0.1) is 0 Å². The molecule has 0 amide bonds. The summed E-state index contributed by atoms with van der Waals surface area (Å²) in [5, 5.41) is 9.34. The number of nitrogens with zero attached hydrogens (tertiary/aromatic N) is 1. The highest BCUT2D eigenvalue weighted by molar-refractivity contribution is 5.28. The predicted octanol–water partition coefficient (Wildman–Crippen LogP) is 3.97. The van der Waals surface area contributed by atoms with Crippen LogP contribution < -0.4 is 0 Å². The van der Waals surface area contributed by atoms with E-state index in [0.717, 1.165) is 19.5 Å². The van der Waals surface area contributed by atoms with E-state index in [1.165, 1.54) is 18.4 Å². The predicted molar refractivity (Wildman–Crippen MR) is 73.3 cm³/mol. The zero-order valence-electron chi connectivity index (χ0n) is 11.3. The van der Waals surface area contributed by atoms with Crippen molar-refractivity contribution in [3.63, 3.8) is 0 Å². The van der Waals surface area contributed by atoms with Crippen molar-refractivity contribution in [3.05, 3.63) is 29.8 Å². The molecule has 1 aromatic rings. The molecule has 1 atom stereocenters. The van der Waals surface area contributed by atoms with Gasteiger partial charge in [0.1, 0.15) is 5.75 Å². The maximum Gasteiger partial charge on any atom is 0.115 e. The summed E-state index contributed by atoms with van der Waals surface area (Å²) in [6.45, 7) is 8.98. The molecule has 1 aromatic carbocycles. The molecule has 0 spiro atoms. The van der Waals surface area contributed by atoms with E-state index < -0.39 is 0 Å². The molecule has 0 aliphatic heterocycles. The number of hydrogen-bond acceptors (Lipinski definition) is 2. The molecule has 2 heteroatoms. The van der Waals surface area contributed by atoms with Gasteiger partial charge in [-0.2, -0.15) is 0 Å². The third kappa shape index (κ3) is 4.04. The fourth-order valence-corrected chi connectivity index (χ4v) is 2.40. The van der Waals surface area contributed by atoms with Gasteiger partial charge in [-0.05, 0) is 50.0 Å². The van der Waals surface area contributed by atoms with Crippen molar-refractivity contribution < 1.29 is 5.11 Å². The van der Waals surface area contributed by atoms with Gasteiger partial charge in [0, 0.05) is 6.04 Å². The van der Waals surface area contributed by atoms with Gasteiger partial charge >= 0.3 is 0 Å². The second-order valence-electron chi connectivity index (χ2n) is 4.55. The lowest BCUT2D eigenvalue weighted by molar-refractivity contribution is 0.192. The van der Waals surface area contributed by atoms with Crippen LogP contribution in [0.15, 0.2) is 24.3 Å². The van der Waals surface area contributed by atoms with Crippen LogP contribution in [0.5, 0.6) is 5.75 Å². The highest BCUT2D eigenvalue weighted by Crippen LogP contribution is 2.26. The van der Waals surface area contributed by atoms with Crippen LogP contribution in [-0.4, -0.2) is 23.1 Å². The fraction of sp³-hybridized carbons (Fsp3) is 0.600. The van der Waals surface area contributed by atoms with Gasteiger partial charge in [-0.1, -0.05) is 32.9 Å². The molecule has 17 heavy (non-hydrogen) atoms. The lowest BCUT2D eigenvalue weighted by Gasteiger charge is -2.31. The normalized spacial score (nSPS) is 12.9. The number of aromatic hydroxyl groups is 1.